The standard InChI is InChI=1S/C7H10O4.C7H12O3.C6H8O4.2C6H10O3.6C6H6.C5H8O3.12CH5N/c1-5(2)7(9)11-4-10-6(3)8;1-4-9-5-10-7(8)6(2)3;1-3-6(8)10-4-9-5(2)7;1-5(2)6(7)9-4-8-3;1-3-6(7)9-5-8-4-2;6*1-2-4-6-5-3-1;1-3-5(6)8-4-7-2;12*1-2/h1,4H2,2-3H3;2,4-5H2,1,3H3;3H,1,4H2,2H3;1,4H2,2-3H3;3H,1,4-5H2,2H3;6*1-6H;3H,1,4H2,2H3;12*2H2,1H3. The van der Waals surface area contributed by atoms with Gasteiger partial charge >= 0.3 is 47.8 Å². The van der Waals surface area contributed by atoms with Crippen LogP contribution in [0.5, 0.6) is 0 Å². The van der Waals surface area contributed by atoms with Crippen LogP contribution in [-0.2, 0) is 95.2 Å². The number of nitrogens with two attached hydrogens (primary N) is 12. The maximum atomic E-state index is 10.6. The van der Waals surface area contributed by atoms with Crippen LogP contribution in [0.15, 0.2) is 293 Å². The van der Waals surface area contributed by atoms with Gasteiger partial charge < -0.3 is 126 Å². The smallest absolute Gasteiger partial charge is 0.335 e. The number of methoxy groups -OCH3 is 2. The van der Waals surface area contributed by atoms with Crippen LogP contribution in [-0.4, -0.2) is 201 Å². The first-order chi connectivity index (χ1) is 56.7. The molecule has 6 aromatic rings. The van der Waals surface area contributed by atoms with Gasteiger partial charge in [-0.15, -0.1) is 0 Å². The highest BCUT2D eigenvalue weighted by Gasteiger charge is 2.03. The van der Waals surface area contributed by atoms with Crippen LogP contribution in [0.1, 0.15) is 48.5 Å². The molecule has 32 heteroatoms. The van der Waals surface area contributed by atoms with Gasteiger partial charge in [0.15, 0.2) is 27.2 Å². The van der Waals surface area contributed by atoms with Gasteiger partial charge in [0.1, 0.15) is 0 Å². The molecule has 0 aliphatic rings. The van der Waals surface area contributed by atoms with Gasteiger partial charge in [0.25, 0.3) is 0 Å². The third-order valence-electron chi connectivity index (χ3n) is 8.05. The largest absolute Gasteiger partial charge is 0.435 e. The van der Waals surface area contributed by atoms with E-state index >= 15 is 0 Å². The Morgan fingerprint density at radius 1 is 0.231 bits per heavy atom. The second-order valence-electron chi connectivity index (χ2n) is 16.1. The molecule has 0 fully saturated rings. The van der Waals surface area contributed by atoms with Crippen molar-refractivity contribution in [1.82, 2.24) is 0 Å². The lowest BCUT2D eigenvalue weighted by Crippen LogP contribution is -2.10. The molecule has 0 saturated heterocycles. The highest BCUT2D eigenvalue weighted by Crippen LogP contribution is 1.94. The zero-order valence-electron chi connectivity index (χ0n) is 74.0. The number of carbonyl (C=O) groups excluding carboxylic acids is 8. The Morgan fingerprint density at radius 3 is 0.504 bits per heavy atom. The first-order valence-corrected chi connectivity index (χ1v) is 34.9. The number of rotatable bonds is 20. The lowest BCUT2D eigenvalue weighted by Gasteiger charge is -2.02. The quantitative estimate of drug-likeness (QED) is 0.0112. The summed E-state index contributed by atoms with van der Waals surface area (Å²) in [5.74, 6) is -3.90. The third-order valence-corrected chi connectivity index (χ3v) is 8.05. The van der Waals surface area contributed by atoms with Gasteiger partial charge in [-0.1, -0.05) is 258 Å². The molecule has 674 valence electrons. The Morgan fingerprint density at radius 2 is 0.359 bits per heavy atom. The molecule has 0 unspecified atom stereocenters. The van der Waals surface area contributed by atoms with Crippen molar-refractivity contribution >= 4 is 47.8 Å². The number of benzene rings is 6. The first kappa shape index (κ1) is 151. The van der Waals surface area contributed by atoms with Gasteiger partial charge in [-0.05, 0) is 119 Å². The molecular formula is C85H154N12O20. The minimum absolute atomic E-state index is 0.00824. The summed E-state index contributed by atoms with van der Waals surface area (Å²) in [4.78, 5) is 82.6. The van der Waals surface area contributed by atoms with Gasteiger partial charge in [-0.3, -0.25) is 9.59 Å². The van der Waals surface area contributed by atoms with Crippen LogP contribution in [0, 0.1) is 0 Å². The van der Waals surface area contributed by atoms with E-state index in [0.717, 1.165) is 18.2 Å². The normalized spacial score (nSPS) is 7.22. The third kappa shape index (κ3) is 209. The van der Waals surface area contributed by atoms with Gasteiger partial charge in [-0.2, -0.15) is 0 Å². The highest BCUT2D eigenvalue weighted by atomic mass is 16.7. The molecule has 24 N–H and O–H groups in total. The Hall–Kier alpha value is -11.1. The Kier molecular flexibility index (Phi) is 223. The van der Waals surface area contributed by atoms with Crippen molar-refractivity contribution < 1.29 is 95.2 Å². The van der Waals surface area contributed by atoms with E-state index in [1.165, 1.54) is 120 Å². The zero-order valence-corrected chi connectivity index (χ0v) is 74.0. The van der Waals surface area contributed by atoms with Gasteiger partial charge in [-0.25, -0.2) is 28.8 Å². The number of esters is 8. The molecule has 0 bridgehead atoms. The average molecular weight is 1660 g/mol. The van der Waals surface area contributed by atoms with Crippen molar-refractivity contribution in [2.75, 3.05) is 153 Å². The van der Waals surface area contributed by atoms with Crippen molar-refractivity contribution in [3.8, 4) is 0 Å². The summed E-state index contributed by atoms with van der Waals surface area (Å²) < 4.78 is 53.6. The molecule has 0 heterocycles. The van der Waals surface area contributed by atoms with Crippen LogP contribution in [0.4, 0.5) is 0 Å². The molecule has 0 spiro atoms. The second-order valence-corrected chi connectivity index (χ2v) is 16.1. The molecule has 117 heavy (non-hydrogen) atoms. The predicted molar refractivity (Wildman–Crippen MR) is 482 cm³/mol. The van der Waals surface area contributed by atoms with E-state index in [-0.39, 0.29) is 46.3 Å². The summed E-state index contributed by atoms with van der Waals surface area (Å²) in [6.07, 6.45) is 3.17. The summed E-state index contributed by atoms with van der Waals surface area (Å²) >= 11 is 0. The van der Waals surface area contributed by atoms with E-state index in [1.54, 1.807) is 13.8 Å². The maximum Gasteiger partial charge on any atom is 0.335 e. The van der Waals surface area contributed by atoms with Crippen LogP contribution < -0.4 is 68.8 Å². The van der Waals surface area contributed by atoms with E-state index in [1.807, 2.05) is 232 Å². The van der Waals surface area contributed by atoms with Gasteiger partial charge in [0.2, 0.25) is 13.6 Å². The lowest BCUT2D eigenvalue weighted by atomic mass is 10.4. The molecule has 0 aromatic heterocycles. The van der Waals surface area contributed by atoms with Crippen LogP contribution in [0.2, 0.25) is 0 Å². The molecule has 0 amide bonds. The number of carbonyl (C=O) groups is 8. The molecule has 0 radical (unpaired) electrons. The molecule has 32 nitrogen and oxygen atoms in total. The van der Waals surface area contributed by atoms with Crippen molar-refractivity contribution in [3.63, 3.8) is 0 Å². The first-order valence-electron chi connectivity index (χ1n) is 34.9. The molecule has 0 saturated carbocycles. The summed E-state index contributed by atoms with van der Waals surface area (Å²) in [6, 6.07) is 72.0. The summed E-state index contributed by atoms with van der Waals surface area (Å²) in [5, 5.41) is 0. The van der Waals surface area contributed by atoms with Crippen molar-refractivity contribution in [2.45, 2.75) is 48.5 Å². The Balaban J connectivity index is -0.0000000559. The molecular weight excluding hydrogens is 1510 g/mol. The van der Waals surface area contributed by atoms with E-state index in [0.29, 0.717) is 24.4 Å². The number of hydrogen-bond donors (Lipinski definition) is 12. The molecule has 0 aliphatic heterocycles. The Labute approximate surface area is 702 Å². The SMILES string of the molecule is C=C(C)C(=O)OCOC.C=C(C)C(=O)OCOC(C)=O.C=C(C)C(=O)OCOCC.C=CC(=O)OCOC.C=CC(=O)OCOC(C)=O.C=CC(=O)OCOCC.CN.CN.CN.CN.CN.CN.CN.CN.CN.CN.CN.CN.c1ccccc1.c1ccccc1.c1ccccc1.c1ccccc1.c1ccccc1.c1ccccc1. The number of hydrogen-bond acceptors (Lipinski definition) is 32. The van der Waals surface area contributed by atoms with E-state index < -0.39 is 47.8 Å². The molecule has 0 atom stereocenters. The monoisotopic (exact) mass is 1660 g/mol. The van der Waals surface area contributed by atoms with Crippen LogP contribution >= 0.6 is 0 Å². The summed E-state index contributed by atoms with van der Waals surface area (Å²) in [7, 11) is 20.9. The van der Waals surface area contributed by atoms with Crippen molar-refractivity contribution in [3.05, 3.63) is 293 Å². The van der Waals surface area contributed by atoms with Crippen LogP contribution in [0.3, 0.4) is 0 Å². The highest BCUT2D eigenvalue weighted by molar-refractivity contribution is 5.87. The Bertz CT molecular complexity index is 2380. The van der Waals surface area contributed by atoms with E-state index in [2.05, 4.69) is 156 Å². The van der Waals surface area contributed by atoms with Crippen LogP contribution in [0.25, 0.3) is 0 Å². The minimum atomic E-state index is -0.610. The fraction of sp³-hybridized carbons (Fsp3) is 0.341. The van der Waals surface area contributed by atoms with Gasteiger partial charge in [0.05, 0.1) is 0 Å². The minimum Gasteiger partial charge on any atom is -0.435 e. The van der Waals surface area contributed by atoms with Gasteiger partial charge in [0, 0.05) is 76.2 Å². The molecule has 0 aliphatic carbocycles. The zero-order chi connectivity index (χ0) is 95.1. The fourth-order valence-electron chi connectivity index (χ4n) is 3.78. The van der Waals surface area contributed by atoms with Crippen molar-refractivity contribution in [1.29, 1.82) is 0 Å². The van der Waals surface area contributed by atoms with E-state index in [4.69, 9.17) is 9.47 Å². The summed E-state index contributed by atoms with van der Waals surface area (Å²) in [6.45, 7) is 30.9. The molecule has 6 aromatic carbocycles. The van der Waals surface area contributed by atoms with Crippen molar-refractivity contribution in [2.24, 2.45) is 68.8 Å². The summed E-state index contributed by atoms with van der Waals surface area (Å²) in [5.41, 5.74) is 55.0. The average Bonchev–Trinajstić information content (AvgIpc) is 0.993. The second kappa shape index (κ2) is 173. The lowest BCUT2D eigenvalue weighted by molar-refractivity contribution is -0.164. The fourth-order valence-corrected chi connectivity index (χ4v) is 3.78. The topological polar surface area (TPSA) is 560 Å². The predicted octanol–water partition coefficient (Wildman–Crippen LogP) is 8.72. The van der Waals surface area contributed by atoms with E-state index in [9.17, 15) is 38.4 Å². The maximum absolute atomic E-state index is 10.6. The number of ether oxygens (including phenoxy) is 12. The molecule has 6 rings (SSSR count).